The van der Waals surface area contributed by atoms with Gasteiger partial charge in [0.05, 0.1) is 12.7 Å². The first-order chi connectivity index (χ1) is 6.06. The monoisotopic (exact) mass is 189 g/mol. The van der Waals surface area contributed by atoms with Gasteiger partial charge in [-0.1, -0.05) is 0 Å². The molecule has 1 unspecified atom stereocenters. The number of aliphatic hydroxyl groups excluding tert-OH is 2. The fourth-order valence-electron chi connectivity index (χ4n) is 1.11. The molecule has 78 valence electrons. The molecule has 13 heavy (non-hydrogen) atoms. The van der Waals surface area contributed by atoms with E-state index in [-0.39, 0.29) is 12.4 Å². The van der Waals surface area contributed by atoms with Crippen molar-refractivity contribution in [1.82, 2.24) is 4.90 Å². The van der Waals surface area contributed by atoms with Crippen LogP contribution in [0.4, 0.5) is 0 Å². The Morgan fingerprint density at radius 1 is 1.54 bits per heavy atom. The van der Waals surface area contributed by atoms with E-state index in [0.29, 0.717) is 13.0 Å². The number of carbonyl (C=O) groups is 1. The van der Waals surface area contributed by atoms with E-state index in [9.17, 15) is 4.79 Å². The molecule has 0 aliphatic heterocycles. The average molecular weight is 189 g/mol. The minimum Gasteiger partial charge on any atom is -0.394 e. The topological polar surface area (TPSA) is 60.8 Å². The lowest BCUT2D eigenvalue weighted by atomic mass is 10.2. The van der Waals surface area contributed by atoms with Gasteiger partial charge in [-0.2, -0.15) is 0 Å². The van der Waals surface area contributed by atoms with Gasteiger partial charge in [0.2, 0.25) is 0 Å². The molecule has 0 aliphatic rings. The number of hydrogen-bond donors (Lipinski definition) is 2. The highest BCUT2D eigenvalue weighted by molar-refractivity contribution is 5.75. The van der Waals surface area contributed by atoms with Crippen LogP contribution in [-0.4, -0.2) is 53.7 Å². The van der Waals surface area contributed by atoms with Gasteiger partial charge in [-0.25, -0.2) is 0 Å². The summed E-state index contributed by atoms with van der Waals surface area (Å²) in [4.78, 5) is 12.5. The molecule has 0 aliphatic carbocycles. The van der Waals surface area contributed by atoms with E-state index in [4.69, 9.17) is 10.2 Å². The van der Waals surface area contributed by atoms with Crippen LogP contribution in [0.25, 0.3) is 0 Å². The number of hydrogen-bond acceptors (Lipinski definition) is 4. The van der Waals surface area contributed by atoms with Crippen LogP contribution in [-0.2, 0) is 4.79 Å². The zero-order chi connectivity index (χ0) is 10.3. The van der Waals surface area contributed by atoms with Crippen LogP contribution in [0.5, 0.6) is 0 Å². The van der Waals surface area contributed by atoms with Crippen LogP contribution >= 0.6 is 0 Å². The van der Waals surface area contributed by atoms with E-state index in [2.05, 4.69) is 0 Å². The summed E-state index contributed by atoms with van der Waals surface area (Å²) in [7, 11) is 1.86. The smallest absolute Gasteiger partial charge is 0.129 e. The third-order valence-corrected chi connectivity index (χ3v) is 1.80. The van der Waals surface area contributed by atoms with E-state index >= 15 is 0 Å². The Bertz CT molecular complexity index is 150. The van der Waals surface area contributed by atoms with E-state index < -0.39 is 6.10 Å². The van der Waals surface area contributed by atoms with Crippen molar-refractivity contribution in [1.29, 1.82) is 0 Å². The second kappa shape index (κ2) is 7.00. The molecule has 4 nitrogen and oxygen atoms in total. The first-order valence-electron chi connectivity index (χ1n) is 4.53. The lowest BCUT2D eigenvalue weighted by Gasteiger charge is -2.18. The summed E-state index contributed by atoms with van der Waals surface area (Å²) in [6.45, 7) is 2.59. The summed E-state index contributed by atoms with van der Waals surface area (Å²) in [6, 6.07) is 0. The Morgan fingerprint density at radius 3 is 2.62 bits per heavy atom. The molecule has 0 spiro atoms. The van der Waals surface area contributed by atoms with Crippen LogP contribution in [0.2, 0.25) is 0 Å². The van der Waals surface area contributed by atoms with Crippen LogP contribution in [0.3, 0.4) is 0 Å². The highest BCUT2D eigenvalue weighted by Crippen LogP contribution is 1.95. The molecule has 0 fully saturated rings. The van der Waals surface area contributed by atoms with Gasteiger partial charge in [-0.3, -0.25) is 0 Å². The first kappa shape index (κ1) is 12.6. The lowest BCUT2D eigenvalue weighted by molar-refractivity contribution is -0.117. The predicted molar refractivity (Wildman–Crippen MR) is 50.5 cm³/mol. The van der Waals surface area contributed by atoms with Crippen molar-refractivity contribution in [3.63, 3.8) is 0 Å². The minimum absolute atomic E-state index is 0.191. The fourth-order valence-corrected chi connectivity index (χ4v) is 1.11. The molecule has 0 amide bonds. The minimum atomic E-state index is -0.678. The summed E-state index contributed by atoms with van der Waals surface area (Å²) in [6.07, 6.45) is 0.714. The van der Waals surface area contributed by atoms with Crippen LogP contribution < -0.4 is 0 Å². The van der Waals surface area contributed by atoms with Gasteiger partial charge in [0.25, 0.3) is 0 Å². The number of Topliss-reactive ketones (excluding diaryl/α,β-unsaturated/α-hetero) is 1. The summed E-state index contributed by atoms with van der Waals surface area (Å²) < 4.78 is 0. The van der Waals surface area contributed by atoms with Crippen LogP contribution in [0.15, 0.2) is 0 Å². The Hall–Kier alpha value is -0.450. The molecule has 0 heterocycles. The number of ketones is 1. The van der Waals surface area contributed by atoms with Gasteiger partial charge in [-0.05, 0) is 26.9 Å². The third kappa shape index (κ3) is 7.90. The SMILES string of the molecule is CC(=O)CCCN(C)CC(O)CO. The zero-order valence-electron chi connectivity index (χ0n) is 8.36. The van der Waals surface area contributed by atoms with Gasteiger partial charge in [0.1, 0.15) is 5.78 Å². The Kier molecular flexibility index (Phi) is 6.76. The van der Waals surface area contributed by atoms with Crippen molar-refractivity contribution in [2.75, 3.05) is 26.7 Å². The first-order valence-corrected chi connectivity index (χ1v) is 4.53. The Balaban J connectivity index is 3.39. The summed E-state index contributed by atoms with van der Waals surface area (Å²) >= 11 is 0. The summed E-state index contributed by atoms with van der Waals surface area (Å²) in [5, 5.41) is 17.6. The molecular formula is C9H19NO3. The zero-order valence-corrected chi connectivity index (χ0v) is 8.36. The third-order valence-electron chi connectivity index (χ3n) is 1.80. The van der Waals surface area contributed by atoms with E-state index in [1.165, 1.54) is 0 Å². The Morgan fingerprint density at radius 2 is 2.15 bits per heavy atom. The Labute approximate surface area is 79.2 Å². The van der Waals surface area contributed by atoms with Crippen molar-refractivity contribution in [2.24, 2.45) is 0 Å². The molecule has 1 atom stereocenters. The largest absolute Gasteiger partial charge is 0.394 e. The van der Waals surface area contributed by atoms with Crippen molar-refractivity contribution in [3.05, 3.63) is 0 Å². The quantitative estimate of drug-likeness (QED) is 0.574. The molecule has 0 radical (unpaired) electrons. The molecule has 0 bridgehead atoms. The van der Waals surface area contributed by atoms with Gasteiger partial charge in [-0.15, -0.1) is 0 Å². The lowest BCUT2D eigenvalue weighted by Crippen LogP contribution is -2.32. The van der Waals surface area contributed by atoms with Crippen LogP contribution in [0.1, 0.15) is 19.8 Å². The number of likely N-dealkylation sites (N-methyl/N-ethyl adjacent to an activating group) is 1. The van der Waals surface area contributed by atoms with Crippen LogP contribution in [0, 0.1) is 0 Å². The van der Waals surface area contributed by atoms with E-state index in [0.717, 1.165) is 13.0 Å². The second-order valence-corrected chi connectivity index (χ2v) is 3.40. The molecule has 0 aromatic rings. The van der Waals surface area contributed by atoms with E-state index in [1.54, 1.807) is 6.92 Å². The molecule has 0 saturated carbocycles. The molecule has 0 aromatic heterocycles. The number of rotatable bonds is 7. The highest BCUT2D eigenvalue weighted by atomic mass is 16.3. The van der Waals surface area contributed by atoms with Gasteiger partial charge >= 0.3 is 0 Å². The summed E-state index contributed by atoms with van der Waals surface area (Å²) in [5.41, 5.74) is 0. The normalized spacial score (nSPS) is 13.3. The number of nitrogens with zero attached hydrogens (tertiary/aromatic N) is 1. The number of aliphatic hydroxyl groups is 2. The predicted octanol–water partition coefficient (Wildman–Crippen LogP) is -0.359. The van der Waals surface area contributed by atoms with Crippen molar-refractivity contribution in [2.45, 2.75) is 25.9 Å². The molecule has 2 N–H and O–H groups in total. The van der Waals surface area contributed by atoms with Gasteiger partial charge in [0, 0.05) is 13.0 Å². The second-order valence-electron chi connectivity index (χ2n) is 3.40. The fraction of sp³-hybridized carbons (Fsp3) is 0.889. The van der Waals surface area contributed by atoms with Crippen molar-refractivity contribution < 1.29 is 15.0 Å². The van der Waals surface area contributed by atoms with Gasteiger partial charge in [0.15, 0.2) is 0 Å². The molecule has 0 aromatic carbocycles. The standard InChI is InChI=1S/C9H19NO3/c1-8(12)4-3-5-10(2)6-9(13)7-11/h9,11,13H,3-7H2,1-2H3. The van der Waals surface area contributed by atoms with Crippen molar-refractivity contribution in [3.8, 4) is 0 Å². The average Bonchev–Trinajstić information content (AvgIpc) is 2.03. The molecule has 0 rings (SSSR count). The maximum atomic E-state index is 10.6. The van der Waals surface area contributed by atoms with E-state index in [1.807, 2.05) is 11.9 Å². The van der Waals surface area contributed by atoms with Crippen molar-refractivity contribution >= 4 is 5.78 Å². The highest BCUT2D eigenvalue weighted by Gasteiger charge is 2.06. The number of carbonyl (C=O) groups excluding carboxylic acids is 1. The molecule has 4 heteroatoms. The molecular weight excluding hydrogens is 170 g/mol. The summed E-state index contributed by atoms with van der Waals surface area (Å²) in [5.74, 6) is 0.191. The maximum absolute atomic E-state index is 10.6. The van der Waals surface area contributed by atoms with Gasteiger partial charge < -0.3 is 19.9 Å². The molecule has 0 saturated heterocycles. The maximum Gasteiger partial charge on any atom is 0.129 e.